The molecule has 4 rings (SSSR count). The van der Waals surface area contributed by atoms with Gasteiger partial charge in [-0.05, 0) is 34.5 Å². The average Bonchev–Trinajstić information content (AvgIpc) is 2.97. The van der Waals surface area contributed by atoms with Crippen molar-refractivity contribution < 1.29 is 9.53 Å². The van der Waals surface area contributed by atoms with Gasteiger partial charge in [0, 0.05) is 5.56 Å². The molecular weight excluding hydrogens is 286 g/mol. The normalized spacial score (nSPS) is 15.7. The van der Waals surface area contributed by atoms with E-state index >= 15 is 0 Å². The Labute approximate surface area is 133 Å². The molecule has 0 atom stereocenters. The number of nitrogens with zero attached hydrogens (tertiary/aromatic N) is 1. The summed E-state index contributed by atoms with van der Waals surface area (Å²) in [7, 11) is 0. The molecule has 0 spiro atoms. The van der Waals surface area contributed by atoms with Gasteiger partial charge in [-0.2, -0.15) is 0 Å². The van der Waals surface area contributed by atoms with Gasteiger partial charge in [-0.15, -0.1) is 0 Å². The van der Waals surface area contributed by atoms with Gasteiger partial charge in [-0.1, -0.05) is 60.7 Å². The maximum absolute atomic E-state index is 12.1. The molecule has 110 valence electrons. The molecule has 0 saturated heterocycles. The fourth-order valence-corrected chi connectivity index (χ4v) is 2.64. The molecule has 1 aliphatic rings. The minimum absolute atomic E-state index is 0.320. The fraction of sp³-hybridized carbons (Fsp3) is 0. The summed E-state index contributed by atoms with van der Waals surface area (Å²) >= 11 is 0. The van der Waals surface area contributed by atoms with Crippen molar-refractivity contribution in [2.24, 2.45) is 4.99 Å². The van der Waals surface area contributed by atoms with Gasteiger partial charge in [-0.25, -0.2) is 9.79 Å². The van der Waals surface area contributed by atoms with Crippen molar-refractivity contribution in [2.45, 2.75) is 0 Å². The van der Waals surface area contributed by atoms with E-state index in [2.05, 4.69) is 4.99 Å². The summed E-state index contributed by atoms with van der Waals surface area (Å²) in [5.74, 6) is -0.0705. The minimum atomic E-state index is -0.420. The number of carbonyl (C=O) groups is 1. The highest BCUT2D eigenvalue weighted by molar-refractivity contribution is 6.13. The lowest BCUT2D eigenvalue weighted by molar-refractivity contribution is -0.129. The maximum Gasteiger partial charge on any atom is 0.363 e. The zero-order chi connectivity index (χ0) is 15.6. The first-order valence-electron chi connectivity index (χ1n) is 7.37. The molecule has 3 nitrogen and oxygen atoms in total. The third-order valence-electron chi connectivity index (χ3n) is 3.76. The Bertz CT molecular complexity index is 950. The van der Waals surface area contributed by atoms with Crippen LogP contribution in [-0.4, -0.2) is 11.9 Å². The SMILES string of the molecule is O=C1OC(c2ccccc2)=NC1=Cc1cccc2ccccc12. The molecule has 0 fully saturated rings. The standard InChI is InChI=1S/C20H13NO2/c22-20-18(21-19(23-20)15-8-2-1-3-9-15)13-16-11-6-10-14-7-4-5-12-17(14)16/h1-13H. The maximum atomic E-state index is 12.1. The molecule has 3 heteroatoms. The predicted molar refractivity (Wildman–Crippen MR) is 91.0 cm³/mol. The lowest BCUT2D eigenvalue weighted by Crippen LogP contribution is -2.04. The summed E-state index contributed by atoms with van der Waals surface area (Å²) in [5, 5.41) is 2.21. The van der Waals surface area contributed by atoms with Crippen molar-refractivity contribution in [3.63, 3.8) is 0 Å². The van der Waals surface area contributed by atoms with Crippen molar-refractivity contribution in [3.05, 3.63) is 89.6 Å². The summed E-state index contributed by atoms with van der Waals surface area (Å²) in [5.41, 5.74) is 2.07. The molecule has 1 heterocycles. The minimum Gasteiger partial charge on any atom is -0.402 e. The van der Waals surface area contributed by atoms with E-state index in [1.165, 1.54) is 0 Å². The Balaban J connectivity index is 1.79. The fourth-order valence-electron chi connectivity index (χ4n) is 2.64. The highest BCUT2D eigenvalue weighted by atomic mass is 16.6. The molecule has 0 bridgehead atoms. The van der Waals surface area contributed by atoms with Crippen LogP contribution in [0.4, 0.5) is 0 Å². The van der Waals surface area contributed by atoms with Crippen LogP contribution in [0.15, 0.2) is 83.5 Å². The zero-order valence-corrected chi connectivity index (χ0v) is 12.3. The van der Waals surface area contributed by atoms with E-state index in [4.69, 9.17) is 4.74 Å². The number of carbonyl (C=O) groups excluding carboxylic acids is 1. The number of esters is 1. The lowest BCUT2D eigenvalue weighted by Gasteiger charge is -2.01. The Kier molecular flexibility index (Phi) is 3.24. The lowest BCUT2D eigenvalue weighted by atomic mass is 10.0. The highest BCUT2D eigenvalue weighted by Crippen LogP contribution is 2.24. The van der Waals surface area contributed by atoms with Gasteiger partial charge < -0.3 is 4.74 Å². The number of aliphatic imine (C=N–C) groups is 1. The number of benzene rings is 3. The van der Waals surface area contributed by atoms with E-state index < -0.39 is 5.97 Å². The van der Waals surface area contributed by atoms with Crippen LogP contribution in [0.25, 0.3) is 16.8 Å². The summed E-state index contributed by atoms with van der Waals surface area (Å²) in [6.07, 6.45) is 1.78. The second-order valence-electron chi connectivity index (χ2n) is 5.27. The van der Waals surface area contributed by atoms with Crippen LogP contribution < -0.4 is 0 Å². The molecule has 3 aromatic carbocycles. The number of hydrogen-bond donors (Lipinski definition) is 0. The highest BCUT2D eigenvalue weighted by Gasteiger charge is 2.24. The van der Waals surface area contributed by atoms with E-state index in [-0.39, 0.29) is 0 Å². The van der Waals surface area contributed by atoms with Crippen molar-refractivity contribution in [2.75, 3.05) is 0 Å². The molecule has 0 aromatic heterocycles. The van der Waals surface area contributed by atoms with Crippen molar-refractivity contribution >= 4 is 28.7 Å². The van der Waals surface area contributed by atoms with Crippen LogP contribution in [0, 0.1) is 0 Å². The first kappa shape index (κ1) is 13.5. The van der Waals surface area contributed by atoms with Crippen LogP contribution in [-0.2, 0) is 9.53 Å². The van der Waals surface area contributed by atoms with Gasteiger partial charge >= 0.3 is 5.97 Å². The summed E-state index contributed by atoms with van der Waals surface area (Å²) in [6.45, 7) is 0. The van der Waals surface area contributed by atoms with Gasteiger partial charge in [-0.3, -0.25) is 0 Å². The second kappa shape index (κ2) is 5.54. The molecule has 23 heavy (non-hydrogen) atoms. The van der Waals surface area contributed by atoms with E-state index in [1.54, 1.807) is 6.08 Å². The van der Waals surface area contributed by atoms with E-state index in [9.17, 15) is 4.79 Å². The third kappa shape index (κ3) is 2.53. The zero-order valence-electron chi connectivity index (χ0n) is 12.3. The Hall–Kier alpha value is -3.20. The molecule has 0 amide bonds. The van der Waals surface area contributed by atoms with Crippen molar-refractivity contribution in [1.82, 2.24) is 0 Å². The first-order valence-corrected chi connectivity index (χ1v) is 7.37. The summed E-state index contributed by atoms with van der Waals surface area (Å²) in [6, 6.07) is 23.5. The summed E-state index contributed by atoms with van der Waals surface area (Å²) < 4.78 is 5.29. The Morgan fingerprint density at radius 3 is 2.43 bits per heavy atom. The molecular formula is C20H13NO2. The topological polar surface area (TPSA) is 38.7 Å². The summed E-state index contributed by atoms with van der Waals surface area (Å²) in [4.78, 5) is 16.4. The van der Waals surface area contributed by atoms with E-state index in [1.807, 2.05) is 72.8 Å². The monoisotopic (exact) mass is 299 g/mol. The number of cyclic esters (lactones) is 1. The van der Waals surface area contributed by atoms with Gasteiger partial charge in [0.2, 0.25) is 5.90 Å². The quantitative estimate of drug-likeness (QED) is 0.526. The Morgan fingerprint density at radius 2 is 1.57 bits per heavy atom. The van der Waals surface area contributed by atoms with Crippen LogP contribution >= 0.6 is 0 Å². The number of ether oxygens (including phenoxy) is 1. The van der Waals surface area contributed by atoms with Gasteiger partial charge in [0.15, 0.2) is 5.70 Å². The van der Waals surface area contributed by atoms with Gasteiger partial charge in [0.05, 0.1) is 0 Å². The number of hydrogen-bond acceptors (Lipinski definition) is 3. The third-order valence-corrected chi connectivity index (χ3v) is 3.76. The molecule has 3 aromatic rings. The second-order valence-corrected chi connectivity index (χ2v) is 5.27. The molecule has 0 unspecified atom stereocenters. The number of fused-ring (bicyclic) bond motifs is 1. The van der Waals surface area contributed by atoms with E-state index in [0.29, 0.717) is 11.6 Å². The largest absolute Gasteiger partial charge is 0.402 e. The molecule has 1 aliphatic heterocycles. The van der Waals surface area contributed by atoms with Crippen LogP contribution in [0.5, 0.6) is 0 Å². The van der Waals surface area contributed by atoms with Crippen molar-refractivity contribution in [1.29, 1.82) is 0 Å². The van der Waals surface area contributed by atoms with Gasteiger partial charge in [0.25, 0.3) is 0 Å². The molecule has 0 N–H and O–H groups in total. The van der Waals surface area contributed by atoms with E-state index in [0.717, 1.165) is 21.9 Å². The van der Waals surface area contributed by atoms with Crippen LogP contribution in [0.2, 0.25) is 0 Å². The smallest absolute Gasteiger partial charge is 0.363 e. The molecule has 0 saturated carbocycles. The average molecular weight is 299 g/mol. The molecule has 0 radical (unpaired) electrons. The predicted octanol–water partition coefficient (Wildman–Crippen LogP) is 4.18. The van der Waals surface area contributed by atoms with Crippen LogP contribution in [0.1, 0.15) is 11.1 Å². The number of rotatable bonds is 2. The molecule has 0 aliphatic carbocycles. The van der Waals surface area contributed by atoms with Crippen LogP contribution in [0.3, 0.4) is 0 Å². The van der Waals surface area contributed by atoms with Crippen molar-refractivity contribution in [3.8, 4) is 0 Å². The van der Waals surface area contributed by atoms with Gasteiger partial charge in [0.1, 0.15) is 0 Å². The first-order chi connectivity index (χ1) is 11.3. The Morgan fingerprint density at radius 1 is 0.826 bits per heavy atom.